The van der Waals surface area contributed by atoms with E-state index in [4.69, 9.17) is 38.4 Å². The monoisotopic (exact) mass is 873 g/mol. The number of carbonyl (C=O) groups is 1. The molecule has 64 heavy (non-hydrogen) atoms. The molecule has 2 N–H and O–H groups in total. The number of rotatable bonds is 20. The summed E-state index contributed by atoms with van der Waals surface area (Å²) in [5, 5.41) is 34.6. The molecule has 3 aliphatic heterocycles. The van der Waals surface area contributed by atoms with Crippen molar-refractivity contribution < 1.29 is 48.3 Å². The van der Waals surface area contributed by atoms with Gasteiger partial charge in [-0.2, -0.15) is 5.26 Å². The van der Waals surface area contributed by atoms with Crippen LogP contribution in [0.1, 0.15) is 97.2 Å². The number of benzene rings is 3. The number of aliphatic hydroxyl groups is 2. The number of hydrogen-bond acceptors (Lipinski definition) is 12. The Morgan fingerprint density at radius 2 is 1.72 bits per heavy atom. The van der Waals surface area contributed by atoms with Crippen molar-refractivity contribution in [3.63, 3.8) is 0 Å². The minimum atomic E-state index is -1.49. The van der Waals surface area contributed by atoms with E-state index in [1.54, 1.807) is 36.4 Å². The summed E-state index contributed by atoms with van der Waals surface area (Å²) in [6.07, 6.45) is 12.5. The van der Waals surface area contributed by atoms with Gasteiger partial charge in [-0.05, 0) is 116 Å². The van der Waals surface area contributed by atoms with E-state index >= 15 is 4.79 Å². The second kappa shape index (κ2) is 20.9. The van der Waals surface area contributed by atoms with Gasteiger partial charge in [-0.15, -0.1) is 6.58 Å². The van der Waals surface area contributed by atoms with Crippen molar-refractivity contribution in [3.8, 4) is 29.1 Å². The predicted molar refractivity (Wildman–Crippen MR) is 239 cm³/mol. The van der Waals surface area contributed by atoms with Crippen molar-refractivity contribution in [2.45, 2.75) is 94.8 Å². The smallest absolute Gasteiger partial charge is 0.254 e. The molecule has 1 saturated heterocycles. The average molecular weight is 874 g/mol. The number of amides is 1. The molecule has 0 spiro atoms. The standard InChI is InChI=1S/C51H59N3O10/c1-3-24-58-38-19-21-43-41(29-38)48-39(12-6-9-23-56)37(11-5-8-22-55)28-40-42(53-64-47-13-7-10-26-59-47)30-46(51(63-43,49(40)48)62-25-4-2)54(50(57)36-17-14-34(31-52)15-18-36)32-35-16-20-44-45(27-35)61-33-60-44/h3-4,14-21,27-29,37,39,46-49,55-56H,1-2,5-13,22-26,30,32-33H2. The summed E-state index contributed by atoms with van der Waals surface area (Å²) in [7, 11) is 0. The van der Waals surface area contributed by atoms with Crippen molar-refractivity contribution >= 4 is 11.6 Å². The molecule has 2 aliphatic carbocycles. The Morgan fingerprint density at radius 3 is 2.47 bits per heavy atom. The number of allylic oxidation sites excluding steroid dienone is 1. The normalized spacial score (nSPS) is 25.8. The maximum absolute atomic E-state index is 15.4. The van der Waals surface area contributed by atoms with E-state index in [0.717, 1.165) is 55.2 Å². The van der Waals surface area contributed by atoms with Gasteiger partial charge in [0.05, 0.1) is 36.5 Å². The highest BCUT2D eigenvalue weighted by Gasteiger charge is 2.65. The third kappa shape index (κ3) is 9.42. The first-order chi connectivity index (χ1) is 31.4. The highest BCUT2D eigenvalue weighted by molar-refractivity contribution is 6.03. The van der Waals surface area contributed by atoms with Gasteiger partial charge in [0.15, 0.2) is 11.5 Å². The first kappa shape index (κ1) is 44.9. The van der Waals surface area contributed by atoms with Gasteiger partial charge in [0.25, 0.3) is 5.91 Å². The molecule has 338 valence electrons. The van der Waals surface area contributed by atoms with Gasteiger partial charge in [-0.1, -0.05) is 48.9 Å². The molecular formula is C51H59N3O10. The molecule has 1 amide bonds. The Hall–Kier alpha value is -5.65. The van der Waals surface area contributed by atoms with Crippen LogP contribution in [0.4, 0.5) is 0 Å². The molecule has 13 nitrogen and oxygen atoms in total. The van der Waals surface area contributed by atoms with Crippen molar-refractivity contribution in [1.82, 2.24) is 4.90 Å². The average Bonchev–Trinajstić information content (AvgIpc) is 3.81. The van der Waals surface area contributed by atoms with E-state index in [1.165, 1.54) is 0 Å². The van der Waals surface area contributed by atoms with Crippen LogP contribution >= 0.6 is 0 Å². The zero-order valence-corrected chi connectivity index (χ0v) is 36.4. The summed E-state index contributed by atoms with van der Waals surface area (Å²) < 4.78 is 38.3. The second-order valence-electron chi connectivity index (χ2n) is 17.1. The van der Waals surface area contributed by atoms with E-state index in [-0.39, 0.29) is 63.2 Å². The topological polar surface area (TPSA) is 162 Å². The fourth-order valence-corrected chi connectivity index (χ4v) is 10.2. The fourth-order valence-electron chi connectivity index (χ4n) is 10.2. The van der Waals surface area contributed by atoms with Gasteiger partial charge < -0.3 is 48.4 Å². The van der Waals surface area contributed by atoms with Crippen molar-refractivity contribution in [3.05, 3.63) is 120 Å². The maximum atomic E-state index is 15.4. The van der Waals surface area contributed by atoms with Gasteiger partial charge in [0.2, 0.25) is 18.9 Å². The van der Waals surface area contributed by atoms with Gasteiger partial charge in [0, 0.05) is 49.6 Å². The Bertz CT molecular complexity index is 2230. The van der Waals surface area contributed by atoms with Crippen LogP contribution in [0, 0.1) is 29.1 Å². The molecular weight excluding hydrogens is 815 g/mol. The third-order valence-electron chi connectivity index (χ3n) is 13.1. The lowest BCUT2D eigenvalue weighted by Crippen LogP contribution is -2.70. The number of aliphatic hydroxyl groups excluding tert-OH is 2. The first-order valence-corrected chi connectivity index (χ1v) is 22.7. The number of oxime groups is 1. The Labute approximate surface area is 375 Å². The van der Waals surface area contributed by atoms with Gasteiger partial charge in [0.1, 0.15) is 24.1 Å². The van der Waals surface area contributed by atoms with Crippen molar-refractivity contribution in [2.75, 3.05) is 39.8 Å². The molecule has 1 saturated carbocycles. The van der Waals surface area contributed by atoms with Gasteiger partial charge in [-0.3, -0.25) is 4.79 Å². The molecule has 0 radical (unpaired) electrons. The number of fused-ring (bicyclic) bond motifs is 3. The number of ether oxygens (including phenoxy) is 6. The molecule has 3 aromatic rings. The molecule has 3 aromatic carbocycles. The molecule has 13 heteroatoms. The molecule has 8 rings (SSSR count). The van der Waals surface area contributed by atoms with E-state index in [2.05, 4.69) is 31.4 Å². The van der Waals surface area contributed by atoms with Gasteiger partial charge in [-0.25, -0.2) is 0 Å². The van der Waals surface area contributed by atoms with Crippen LogP contribution in [0.5, 0.6) is 23.0 Å². The van der Waals surface area contributed by atoms with Crippen molar-refractivity contribution in [2.24, 2.45) is 22.9 Å². The zero-order valence-electron chi connectivity index (χ0n) is 36.4. The maximum Gasteiger partial charge on any atom is 0.254 e. The molecule has 0 aromatic heterocycles. The van der Waals surface area contributed by atoms with Crippen LogP contribution in [0.15, 0.2) is 103 Å². The summed E-state index contributed by atoms with van der Waals surface area (Å²) in [6.45, 7) is 9.35. The Morgan fingerprint density at radius 1 is 0.938 bits per heavy atom. The van der Waals surface area contributed by atoms with E-state index in [9.17, 15) is 15.5 Å². The Kier molecular flexibility index (Phi) is 14.7. The number of unbranched alkanes of at least 4 members (excludes halogenated alkanes) is 2. The molecule has 3 heterocycles. The van der Waals surface area contributed by atoms with E-state index in [0.29, 0.717) is 72.3 Å². The SMILES string of the molecule is C=CCOc1ccc2c(c1)C1C(CCCCO)C(CCCCO)C=C3C(=NOC4CCCCO4)CC(N(Cc4ccc5c(c4)OCO5)C(=O)c4ccc(C#N)cc4)C(OCC=C)(O2)C31. The van der Waals surface area contributed by atoms with Crippen LogP contribution in [0.3, 0.4) is 0 Å². The summed E-state index contributed by atoms with van der Waals surface area (Å²) >= 11 is 0. The summed E-state index contributed by atoms with van der Waals surface area (Å²) in [6, 6.07) is 19.6. The van der Waals surface area contributed by atoms with Crippen LogP contribution < -0.4 is 18.9 Å². The lowest BCUT2D eigenvalue weighted by molar-refractivity contribution is -0.255. The largest absolute Gasteiger partial charge is 0.490 e. The number of hydrogen-bond donors (Lipinski definition) is 2. The van der Waals surface area contributed by atoms with E-state index in [1.807, 2.05) is 35.2 Å². The third-order valence-corrected chi connectivity index (χ3v) is 13.1. The quantitative estimate of drug-likeness (QED) is 0.0638. The minimum absolute atomic E-state index is 0.0298. The lowest BCUT2D eigenvalue weighted by atomic mass is 9.55. The van der Waals surface area contributed by atoms with E-state index < -0.39 is 24.0 Å². The van der Waals surface area contributed by atoms with Crippen LogP contribution in [-0.4, -0.2) is 84.7 Å². The molecule has 7 unspecified atom stereocenters. The molecule has 2 fully saturated rings. The van der Waals surface area contributed by atoms with Crippen LogP contribution in [-0.2, 0) is 20.9 Å². The molecule has 7 atom stereocenters. The molecule has 0 bridgehead atoms. The first-order valence-electron chi connectivity index (χ1n) is 22.7. The number of carbonyl (C=O) groups excluding carboxylic acids is 1. The zero-order chi connectivity index (χ0) is 44.5. The fraction of sp³-hybridized carbons (Fsp3) is 0.471. The predicted octanol–water partition coefficient (Wildman–Crippen LogP) is 8.35. The number of nitriles is 1. The van der Waals surface area contributed by atoms with Gasteiger partial charge >= 0.3 is 0 Å². The minimum Gasteiger partial charge on any atom is -0.490 e. The summed E-state index contributed by atoms with van der Waals surface area (Å²) in [5.74, 6) is 0.0205. The van der Waals surface area contributed by atoms with Crippen LogP contribution in [0.25, 0.3) is 0 Å². The highest BCUT2D eigenvalue weighted by atomic mass is 16.8. The van der Waals surface area contributed by atoms with Crippen LogP contribution in [0.2, 0.25) is 0 Å². The summed E-state index contributed by atoms with van der Waals surface area (Å²) in [5.41, 5.74) is 4.16. The Balaban J connectivity index is 1.36. The highest BCUT2D eigenvalue weighted by Crippen LogP contribution is 2.62. The summed E-state index contributed by atoms with van der Waals surface area (Å²) in [4.78, 5) is 23.6. The number of nitrogens with zero attached hydrogens (tertiary/aromatic N) is 3. The van der Waals surface area contributed by atoms with Crippen molar-refractivity contribution in [1.29, 1.82) is 5.26 Å². The lowest BCUT2D eigenvalue weighted by Gasteiger charge is -2.60. The molecule has 5 aliphatic rings. The second-order valence-corrected chi connectivity index (χ2v) is 17.1.